The van der Waals surface area contributed by atoms with Crippen LogP contribution in [0.1, 0.15) is 27.8 Å². The highest BCUT2D eigenvalue weighted by molar-refractivity contribution is 7.85. The summed E-state index contributed by atoms with van der Waals surface area (Å²) < 4.78 is 32.7. The largest absolute Gasteiger partial charge is 0.356 e. The van der Waals surface area contributed by atoms with E-state index in [0.717, 1.165) is 56.4 Å². The maximum Gasteiger partial charge on any atom is 0.294 e. The topological polar surface area (TPSA) is 90.8 Å². The first-order chi connectivity index (χ1) is 22.6. The number of benzene rings is 5. The second-order valence-corrected chi connectivity index (χ2v) is 13.0. The third-order valence-corrected chi connectivity index (χ3v) is 8.83. The zero-order valence-electron chi connectivity index (χ0n) is 26.4. The second-order valence-electron chi connectivity index (χ2n) is 11.6. The predicted molar refractivity (Wildman–Crippen MR) is 194 cm³/mol. The Hall–Kier alpha value is -5.50. The lowest BCUT2D eigenvalue weighted by Crippen LogP contribution is -2.01. The summed E-state index contributed by atoms with van der Waals surface area (Å²) >= 11 is 0. The van der Waals surface area contributed by atoms with Crippen LogP contribution in [-0.2, 0) is 10.1 Å². The molecule has 7 heteroatoms. The molecular weight excluding hydrogens is 603 g/mol. The Balaban J connectivity index is 1.31. The highest BCUT2D eigenvalue weighted by Gasteiger charge is 2.14. The van der Waals surface area contributed by atoms with Crippen molar-refractivity contribution in [1.82, 2.24) is 0 Å². The predicted octanol–water partition coefficient (Wildman–Crippen LogP) is 10.0. The van der Waals surface area contributed by atoms with Gasteiger partial charge >= 0.3 is 0 Å². The van der Waals surface area contributed by atoms with Crippen molar-refractivity contribution in [3.05, 3.63) is 173 Å². The summed E-state index contributed by atoms with van der Waals surface area (Å²) in [6.45, 7) is 5.79. The van der Waals surface area contributed by atoms with Gasteiger partial charge in [0.1, 0.15) is 0 Å². The van der Waals surface area contributed by atoms with E-state index in [-0.39, 0.29) is 4.90 Å². The fourth-order valence-corrected chi connectivity index (χ4v) is 6.27. The van der Waals surface area contributed by atoms with Gasteiger partial charge in [-0.3, -0.25) is 4.55 Å². The quantitative estimate of drug-likeness (QED) is 0.147. The number of allylic oxidation sites excluding steroid dienone is 5. The number of hydrogen-bond acceptors (Lipinski definition) is 5. The first-order valence-electron chi connectivity index (χ1n) is 15.3. The summed E-state index contributed by atoms with van der Waals surface area (Å²) in [4.78, 5) is 4.71. The molecule has 0 saturated carbocycles. The Labute approximate surface area is 276 Å². The second kappa shape index (κ2) is 13.5. The van der Waals surface area contributed by atoms with E-state index in [1.165, 1.54) is 17.2 Å². The normalized spacial score (nSPS) is 12.6. The molecule has 1 aliphatic carbocycles. The molecule has 6 nitrogen and oxygen atoms in total. The molecule has 0 heterocycles. The van der Waals surface area contributed by atoms with Gasteiger partial charge < -0.3 is 10.6 Å². The molecule has 0 bridgehead atoms. The molecular formula is C40H35N3O3S. The lowest BCUT2D eigenvalue weighted by Gasteiger charge is -2.16. The van der Waals surface area contributed by atoms with Crippen molar-refractivity contribution >= 4 is 49.8 Å². The van der Waals surface area contributed by atoms with Gasteiger partial charge in [-0.1, -0.05) is 60.7 Å². The minimum atomic E-state index is -4.27. The molecule has 0 fully saturated rings. The molecule has 0 unspecified atom stereocenters. The van der Waals surface area contributed by atoms with Crippen LogP contribution >= 0.6 is 0 Å². The smallest absolute Gasteiger partial charge is 0.294 e. The summed E-state index contributed by atoms with van der Waals surface area (Å²) in [5, 5.41) is 6.83. The molecule has 0 spiro atoms. The van der Waals surface area contributed by atoms with Gasteiger partial charge in [-0.15, -0.1) is 0 Å². The van der Waals surface area contributed by atoms with Gasteiger partial charge in [-0.05, 0) is 139 Å². The SMILES string of the molecule is Cc1cccc(N=C2C=CC(=C(c3ccc(Nc4cccc(C)c4)cc3)c3ccc(Nc4ccc(S(=O)(=O)O)c(C)c4)cc3)C=C2)c1. The summed E-state index contributed by atoms with van der Waals surface area (Å²) in [6.07, 6.45) is 8.29. The Morgan fingerprint density at radius 1 is 0.596 bits per heavy atom. The van der Waals surface area contributed by atoms with Gasteiger partial charge in [0.25, 0.3) is 10.1 Å². The van der Waals surface area contributed by atoms with E-state index in [0.29, 0.717) is 5.56 Å². The van der Waals surface area contributed by atoms with Gasteiger partial charge in [0.05, 0.1) is 16.3 Å². The van der Waals surface area contributed by atoms with E-state index < -0.39 is 10.1 Å². The third-order valence-electron chi connectivity index (χ3n) is 7.81. The van der Waals surface area contributed by atoms with Crippen LogP contribution in [-0.4, -0.2) is 18.7 Å². The molecule has 6 rings (SSSR count). The summed E-state index contributed by atoms with van der Waals surface area (Å²) in [6, 6.07) is 37.8. The average molecular weight is 638 g/mol. The summed E-state index contributed by atoms with van der Waals surface area (Å²) in [7, 11) is -4.27. The van der Waals surface area contributed by atoms with E-state index in [2.05, 4.69) is 103 Å². The van der Waals surface area contributed by atoms with Crippen molar-refractivity contribution in [3.8, 4) is 0 Å². The molecule has 0 atom stereocenters. The first kappa shape index (κ1) is 31.5. The van der Waals surface area contributed by atoms with Crippen molar-refractivity contribution in [1.29, 1.82) is 0 Å². The lowest BCUT2D eigenvalue weighted by molar-refractivity contribution is 0.482. The number of nitrogens with one attached hydrogen (secondary N) is 2. The maximum atomic E-state index is 11.6. The standard InChI is InChI=1S/C40H35N3O3S/c1-27-6-4-8-36(24-27)41-33-16-10-30(11-17-33)40(31-12-18-34(19-13-31)42-37-9-5-7-28(2)25-37)32-14-20-35(21-15-32)43-38-22-23-39(29(3)26-38)47(44,45)46/h4-26,41,43H,1-3H3,(H,44,45,46). The van der Waals surface area contributed by atoms with Gasteiger partial charge in [-0.25, -0.2) is 4.99 Å². The minimum Gasteiger partial charge on any atom is -0.356 e. The molecule has 0 aromatic heterocycles. The third kappa shape index (κ3) is 7.84. The van der Waals surface area contributed by atoms with Crippen LogP contribution in [0.4, 0.5) is 28.4 Å². The Morgan fingerprint density at radius 2 is 1.13 bits per heavy atom. The minimum absolute atomic E-state index is 0.101. The first-order valence-corrected chi connectivity index (χ1v) is 16.7. The fraction of sp³-hybridized carbons (Fsp3) is 0.0750. The van der Waals surface area contributed by atoms with Gasteiger partial charge in [0, 0.05) is 22.7 Å². The van der Waals surface area contributed by atoms with Crippen molar-refractivity contribution in [2.75, 3.05) is 10.6 Å². The lowest BCUT2D eigenvalue weighted by atomic mass is 9.90. The number of nitrogens with zero attached hydrogens (tertiary/aromatic N) is 1. The van der Waals surface area contributed by atoms with Crippen LogP contribution in [0.15, 0.2) is 155 Å². The molecule has 0 radical (unpaired) electrons. The number of aliphatic imine (C=N–C) groups is 1. The van der Waals surface area contributed by atoms with Crippen LogP contribution in [0, 0.1) is 20.8 Å². The number of rotatable bonds is 8. The van der Waals surface area contributed by atoms with Crippen LogP contribution < -0.4 is 10.6 Å². The monoisotopic (exact) mass is 637 g/mol. The van der Waals surface area contributed by atoms with E-state index >= 15 is 0 Å². The van der Waals surface area contributed by atoms with Crippen molar-refractivity contribution in [2.24, 2.45) is 4.99 Å². The molecule has 0 saturated heterocycles. The number of hydrogen-bond donors (Lipinski definition) is 3. The van der Waals surface area contributed by atoms with Gasteiger partial charge in [-0.2, -0.15) is 8.42 Å². The average Bonchev–Trinajstić information content (AvgIpc) is 3.03. The Bertz CT molecular complexity index is 2160. The molecule has 5 aromatic rings. The van der Waals surface area contributed by atoms with Crippen LogP contribution in [0.5, 0.6) is 0 Å². The van der Waals surface area contributed by atoms with Gasteiger partial charge in [0.15, 0.2) is 0 Å². The zero-order chi connectivity index (χ0) is 33.0. The van der Waals surface area contributed by atoms with E-state index in [1.54, 1.807) is 19.1 Å². The summed E-state index contributed by atoms with van der Waals surface area (Å²) in [5.41, 5.74) is 12.5. The number of anilines is 4. The number of aryl methyl sites for hydroxylation is 3. The van der Waals surface area contributed by atoms with Gasteiger partial charge in [0.2, 0.25) is 0 Å². The molecule has 0 amide bonds. The fourth-order valence-electron chi connectivity index (χ4n) is 5.56. The molecule has 234 valence electrons. The van der Waals surface area contributed by atoms with Crippen molar-refractivity contribution < 1.29 is 13.0 Å². The molecule has 5 aromatic carbocycles. The zero-order valence-corrected chi connectivity index (χ0v) is 27.2. The van der Waals surface area contributed by atoms with Crippen LogP contribution in [0.2, 0.25) is 0 Å². The Kier molecular flexibility index (Phi) is 9.02. The summed E-state index contributed by atoms with van der Waals surface area (Å²) in [5.74, 6) is 0. The molecule has 1 aliphatic rings. The van der Waals surface area contributed by atoms with Crippen LogP contribution in [0.3, 0.4) is 0 Å². The van der Waals surface area contributed by atoms with E-state index in [9.17, 15) is 13.0 Å². The van der Waals surface area contributed by atoms with Crippen LogP contribution in [0.25, 0.3) is 5.57 Å². The molecule has 47 heavy (non-hydrogen) atoms. The highest BCUT2D eigenvalue weighted by Crippen LogP contribution is 2.33. The van der Waals surface area contributed by atoms with E-state index in [1.807, 2.05) is 42.5 Å². The maximum absolute atomic E-state index is 11.6. The molecule has 3 N–H and O–H groups in total. The van der Waals surface area contributed by atoms with Crippen molar-refractivity contribution in [2.45, 2.75) is 25.7 Å². The van der Waals surface area contributed by atoms with Crippen molar-refractivity contribution in [3.63, 3.8) is 0 Å². The molecule has 0 aliphatic heterocycles. The Morgan fingerprint density at radius 3 is 1.66 bits per heavy atom. The van der Waals surface area contributed by atoms with E-state index in [4.69, 9.17) is 4.99 Å². The highest BCUT2D eigenvalue weighted by atomic mass is 32.2.